The summed E-state index contributed by atoms with van der Waals surface area (Å²) in [6, 6.07) is 9.12. The summed E-state index contributed by atoms with van der Waals surface area (Å²) in [7, 11) is 0. The number of hydrogen-bond acceptors (Lipinski definition) is 0. The molecule has 0 N–H and O–H groups in total. The van der Waals surface area contributed by atoms with Gasteiger partial charge in [0.2, 0.25) is 0 Å². The molecule has 0 bridgehead atoms. The van der Waals surface area contributed by atoms with Crippen LogP contribution in [0.5, 0.6) is 0 Å². The quantitative estimate of drug-likeness (QED) is 0.643. The van der Waals surface area contributed by atoms with Gasteiger partial charge >= 0.3 is 20.1 Å². The molecule has 0 atom stereocenters. The van der Waals surface area contributed by atoms with Crippen LogP contribution in [0, 0.1) is 19.9 Å². The second kappa shape index (κ2) is 3.81. The van der Waals surface area contributed by atoms with Gasteiger partial charge in [0.15, 0.2) is 0 Å². The molecule has 9 heavy (non-hydrogen) atoms. The fourth-order valence-electron chi connectivity index (χ4n) is 0.604. The van der Waals surface area contributed by atoms with Crippen LogP contribution in [-0.2, 0) is 20.1 Å². The van der Waals surface area contributed by atoms with E-state index in [-0.39, 0.29) is 20.1 Å². The average molecular weight is 297 g/mol. The van der Waals surface area contributed by atoms with Crippen LogP contribution in [0.3, 0.4) is 0 Å². The van der Waals surface area contributed by atoms with Crippen molar-refractivity contribution in [1.82, 2.24) is 0 Å². The first-order chi connectivity index (χ1) is 3.80. The van der Waals surface area contributed by atoms with Gasteiger partial charge < -0.3 is 0 Å². The minimum absolute atomic E-state index is 0. The van der Waals surface area contributed by atoms with E-state index in [0.717, 1.165) is 0 Å². The zero-order valence-electron chi connectivity index (χ0n) is 5.57. The molecule has 0 fully saturated rings. The molecule has 0 aliphatic rings. The Hall–Kier alpha value is -0.131. The summed E-state index contributed by atoms with van der Waals surface area (Å²) in [6.45, 7) is 4.15. The van der Waals surface area contributed by atoms with Crippen molar-refractivity contribution >= 4 is 0 Å². The monoisotopic (exact) mass is 298 g/mol. The van der Waals surface area contributed by atoms with Gasteiger partial charge in [-0.3, -0.25) is 0 Å². The van der Waals surface area contributed by atoms with Gasteiger partial charge in [-0.25, -0.2) is 0 Å². The Labute approximate surface area is 69.6 Å². The summed E-state index contributed by atoms with van der Waals surface area (Å²) in [6.07, 6.45) is 0. The summed E-state index contributed by atoms with van der Waals surface area (Å²) in [5.41, 5.74) is 2.56. The van der Waals surface area contributed by atoms with E-state index in [2.05, 4.69) is 26.0 Å². The zero-order chi connectivity index (χ0) is 5.98. The van der Waals surface area contributed by atoms with Gasteiger partial charge in [0.1, 0.15) is 0 Å². The molecular weight excluding hydrogens is 288 g/mol. The Bertz CT molecular complexity index is 161. The van der Waals surface area contributed by atoms with E-state index in [9.17, 15) is 0 Å². The zero-order valence-corrected chi connectivity index (χ0v) is 7.96. The number of benzene rings is 1. The standard InChI is InChI=1S/C8H9.Ir/c1-7-5-3-4-6-8(7)2;/h3-5H,1-2H3;/q-1;+3. The van der Waals surface area contributed by atoms with Crippen LogP contribution >= 0.6 is 0 Å². The predicted molar refractivity (Wildman–Crippen MR) is 34.8 cm³/mol. The molecule has 0 aromatic heterocycles. The topological polar surface area (TPSA) is 0 Å². The first-order valence-electron chi connectivity index (χ1n) is 2.74. The van der Waals surface area contributed by atoms with E-state index in [1.807, 2.05) is 12.1 Å². The summed E-state index contributed by atoms with van der Waals surface area (Å²) in [5, 5.41) is 0. The van der Waals surface area contributed by atoms with Crippen LogP contribution in [0.15, 0.2) is 18.2 Å². The van der Waals surface area contributed by atoms with Crippen LogP contribution in [-0.4, -0.2) is 0 Å². The second-order valence-electron chi connectivity index (χ2n) is 1.98. The maximum atomic E-state index is 3.10. The third kappa shape index (κ3) is 2.29. The molecule has 0 radical (unpaired) electrons. The summed E-state index contributed by atoms with van der Waals surface area (Å²) >= 11 is 0. The smallest absolute Gasteiger partial charge is 0.180 e. The average Bonchev–Trinajstić information content (AvgIpc) is 1.77. The van der Waals surface area contributed by atoms with E-state index >= 15 is 0 Å². The van der Waals surface area contributed by atoms with E-state index < -0.39 is 0 Å². The summed E-state index contributed by atoms with van der Waals surface area (Å²) in [4.78, 5) is 0. The predicted octanol–water partition coefficient (Wildman–Crippen LogP) is 2.10. The van der Waals surface area contributed by atoms with Crippen LogP contribution < -0.4 is 0 Å². The van der Waals surface area contributed by atoms with Crippen molar-refractivity contribution in [2.75, 3.05) is 0 Å². The molecule has 0 aliphatic heterocycles. The van der Waals surface area contributed by atoms with Crippen molar-refractivity contribution in [2.24, 2.45) is 0 Å². The molecule has 0 nitrogen and oxygen atoms in total. The Morgan fingerprint density at radius 3 is 2.33 bits per heavy atom. The molecule has 0 unspecified atom stereocenters. The molecule has 1 heteroatoms. The fraction of sp³-hybridized carbons (Fsp3) is 0.250. The number of aryl methyl sites for hydroxylation is 2. The van der Waals surface area contributed by atoms with Crippen LogP contribution in [0.2, 0.25) is 0 Å². The third-order valence-corrected chi connectivity index (χ3v) is 1.33. The summed E-state index contributed by atoms with van der Waals surface area (Å²) in [5.74, 6) is 0. The molecule has 0 saturated heterocycles. The van der Waals surface area contributed by atoms with E-state index in [4.69, 9.17) is 0 Å². The molecular formula is C8H9Ir+2. The van der Waals surface area contributed by atoms with Crippen LogP contribution in [0.25, 0.3) is 0 Å². The fourth-order valence-corrected chi connectivity index (χ4v) is 0.604. The maximum Gasteiger partial charge on any atom is 3.00 e. The van der Waals surface area contributed by atoms with E-state index in [1.165, 1.54) is 11.1 Å². The van der Waals surface area contributed by atoms with Gasteiger partial charge in [-0.2, -0.15) is 35.4 Å². The van der Waals surface area contributed by atoms with Gasteiger partial charge in [0, 0.05) is 0 Å². The largest absolute Gasteiger partial charge is 3.00 e. The molecule has 1 rings (SSSR count). The summed E-state index contributed by atoms with van der Waals surface area (Å²) < 4.78 is 0. The molecule has 0 aliphatic carbocycles. The maximum absolute atomic E-state index is 3.10. The van der Waals surface area contributed by atoms with Crippen molar-refractivity contribution in [2.45, 2.75) is 13.8 Å². The van der Waals surface area contributed by atoms with Crippen molar-refractivity contribution in [1.29, 1.82) is 0 Å². The molecule has 1 aromatic carbocycles. The van der Waals surface area contributed by atoms with Crippen molar-refractivity contribution in [3.8, 4) is 0 Å². The van der Waals surface area contributed by atoms with Gasteiger partial charge in [0.05, 0.1) is 0 Å². The van der Waals surface area contributed by atoms with Crippen LogP contribution in [0.4, 0.5) is 0 Å². The van der Waals surface area contributed by atoms with E-state index in [0.29, 0.717) is 0 Å². The van der Waals surface area contributed by atoms with Crippen molar-refractivity contribution in [3.63, 3.8) is 0 Å². The van der Waals surface area contributed by atoms with Gasteiger partial charge in [0.25, 0.3) is 0 Å². The number of rotatable bonds is 0. The molecule has 1 aromatic rings. The SMILES string of the molecule is Cc1[c-]cccc1C.[Ir+3]. The minimum Gasteiger partial charge on any atom is -0.180 e. The van der Waals surface area contributed by atoms with Crippen molar-refractivity contribution < 1.29 is 20.1 Å². The molecule has 0 heterocycles. The Morgan fingerprint density at radius 2 is 2.00 bits per heavy atom. The first-order valence-corrected chi connectivity index (χ1v) is 2.74. The van der Waals surface area contributed by atoms with Gasteiger partial charge in [-0.15, -0.1) is 0 Å². The van der Waals surface area contributed by atoms with Gasteiger partial charge in [-0.1, -0.05) is 13.8 Å². The minimum atomic E-state index is 0. The van der Waals surface area contributed by atoms with Crippen LogP contribution in [0.1, 0.15) is 11.1 Å². The van der Waals surface area contributed by atoms with E-state index in [1.54, 1.807) is 0 Å². The molecule has 0 amide bonds. The normalized spacial score (nSPS) is 8.22. The Balaban J connectivity index is 0.000000640. The second-order valence-corrected chi connectivity index (χ2v) is 1.98. The third-order valence-electron chi connectivity index (χ3n) is 1.33. The Morgan fingerprint density at radius 1 is 1.33 bits per heavy atom. The first kappa shape index (κ1) is 8.87. The van der Waals surface area contributed by atoms with Crippen molar-refractivity contribution in [3.05, 3.63) is 35.4 Å². The van der Waals surface area contributed by atoms with Gasteiger partial charge in [-0.05, 0) is 0 Å². The number of hydrogen-bond donors (Lipinski definition) is 0. The molecule has 48 valence electrons. The Kier molecular flexibility index (Phi) is 3.76. The molecule has 0 saturated carbocycles. The molecule has 0 spiro atoms.